The van der Waals surface area contributed by atoms with Crippen molar-refractivity contribution < 1.29 is 23.5 Å². The maximum absolute atomic E-state index is 12.8. The Hall–Kier alpha value is -3.06. The molecule has 1 aliphatic rings. The lowest BCUT2D eigenvalue weighted by molar-refractivity contribution is 0.0751. The number of ether oxygens (including phenoxy) is 2. The first-order chi connectivity index (χ1) is 13.5. The second-order valence-electron chi connectivity index (χ2n) is 6.26. The van der Waals surface area contributed by atoms with Crippen molar-refractivity contribution in [2.45, 2.75) is 13.1 Å². The van der Waals surface area contributed by atoms with Gasteiger partial charge in [-0.2, -0.15) is 0 Å². The van der Waals surface area contributed by atoms with E-state index in [1.807, 2.05) is 18.2 Å². The van der Waals surface area contributed by atoms with Crippen LogP contribution < -0.4 is 10.5 Å². The molecule has 2 N–H and O–H groups in total. The van der Waals surface area contributed by atoms with Crippen molar-refractivity contribution in [3.8, 4) is 5.75 Å². The summed E-state index contributed by atoms with van der Waals surface area (Å²) in [4.78, 5) is 25.0. The number of amides is 2. The molecule has 0 bridgehead atoms. The smallest absolute Gasteiger partial charge is 0.404 e. The van der Waals surface area contributed by atoms with Crippen molar-refractivity contribution in [1.29, 1.82) is 0 Å². The molecule has 3 rings (SSSR count). The molecule has 6 nitrogen and oxygen atoms in total. The van der Waals surface area contributed by atoms with E-state index in [1.54, 1.807) is 29.2 Å². The van der Waals surface area contributed by atoms with Crippen LogP contribution in [0.1, 0.15) is 21.5 Å². The summed E-state index contributed by atoms with van der Waals surface area (Å²) in [5.41, 5.74) is 7.61. The van der Waals surface area contributed by atoms with Gasteiger partial charge >= 0.3 is 6.09 Å². The predicted octanol–water partition coefficient (Wildman–Crippen LogP) is 3.82. The summed E-state index contributed by atoms with van der Waals surface area (Å²) in [5, 5.41) is 0.650. The lowest BCUT2D eigenvalue weighted by Gasteiger charge is -2.16. The fourth-order valence-corrected chi connectivity index (χ4v) is 3.02. The van der Waals surface area contributed by atoms with Gasteiger partial charge in [0, 0.05) is 29.2 Å². The number of benzene rings is 2. The molecule has 1 aliphatic heterocycles. The van der Waals surface area contributed by atoms with Gasteiger partial charge in [0.05, 0.1) is 6.33 Å². The van der Waals surface area contributed by atoms with E-state index in [1.165, 1.54) is 0 Å². The SMILES string of the molecule is NC(=O)OCC(=CF)COc1ccc(C(=O)N2Cc3ccc(Cl)cc3C2)cc1. The number of hydrogen-bond acceptors (Lipinski definition) is 4. The van der Waals surface area contributed by atoms with Crippen LogP contribution in [0.25, 0.3) is 0 Å². The number of fused-ring (bicyclic) bond motifs is 1. The number of carbonyl (C=O) groups excluding carboxylic acids is 2. The number of primary amides is 1. The highest BCUT2D eigenvalue weighted by molar-refractivity contribution is 6.30. The Labute approximate surface area is 166 Å². The Morgan fingerprint density at radius 1 is 1.11 bits per heavy atom. The van der Waals surface area contributed by atoms with Crippen LogP contribution in [-0.4, -0.2) is 30.1 Å². The van der Waals surface area contributed by atoms with E-state index in [0.717, 1.165) is 11.1 Å². The first-order valence-corrected chi connectivity index (χ1v) is 8.84. The third-order valence-corrected chi connectivity index (χ3v) is 4.49. The molecule has 2 amide bonds. The van der Waals surface area contributed by atoms with Crippen LogP contribution in [0.15, 0.2) is 54.4 Å². The highest BCUT2D eigenvalue weighted by atomic mass is 35.5. The van der Waals surface area contributed by atoms with Crippen LogP contribution in [0.5, 0.6) is 5.75 Å². The number of nitrogens with zero attached hydrogens (tertiary/aromatic N) is 1. The summed E-state index contributed by atoms with van der Waals surface area (Å²) in [6.07, 6.45) is -0.688. The van der Waals surface area contributed by atoms with Crippen LogP contribution in [-0.2, 0) is 17.8 Å². The Morgan fingerprint density at radius 2 is 1.82 bits per heavy atom. The zero-order chi connectivity index (χ0) is 20.1. The van der Waals surface area contributed by atoms with Crippen LogP contribution in [0.3, 0.4) is 0 Å². The lowest BCUT2D eigenvalue weighted by atomic mass is 10.1. The van der Waals surface area contributed by atoms with Gasteiger partial charge in [-0.3, -0.25) is 4.79 Å². The van der Waals surface area contributed by atoms with Gasteiger partial charge < -0.3 is 20.1 Å². The molecule has 0 aliphatic carbocycles. The monoisotopic (exact) mass is 404 g/mol. The van der Waals surface area contributed by atoms with Gasteiger partial charge in [-0.05, 0) is 47.5 Å². The van der Waals surface area contributed by atoms with Crippen molar-refractivity contribution in [3.63, 3.8) is 0 Å². The highest BCUT2D eigenvalue weighted by Crippen LogP contribution is 2.27. The summed E-state index contributed by atoms with van der Waals surface area (Å²) in [5.74, 6) is 0.351. The topological polar surface area (TPSA) is 81.9 Å². The molecule has 2 aromatic rings. The molecule has 0 radical (unpaired) electrons. The summed E-state index contributed by atoms with van der Waals surface area (Å²) in [7, 11) is 0. The Bertz CT molecular complexity index is 915. The quantitative estimate of drug-likeness (QED) is 0.793. The van der Waals surface area contributed by atoms with Crippen LogP contribution >= 0.6 is 11.6 Å². The van der Waals surface area contributed by atoms with Gasteiger partial charge in [0.2, 0.25) is 0 Å². The molecule has 0 unspecified atom stereocenters. The van der Waals surface area contributed by atoms with E-state index >= 15 is 0 Å². The van der Waals surface area contributed by atoms with E-state index in [9.17, 15) is 14.0 Å². The molecule has 8 heteroatoms. The Kier molecular flexibility index (Phi) is 6.16. The zero-order valence-corrected chi connectivity index (χ0v) is 15.6. The lowest BCUT2D eigenvalue weighted by Crippen LogP contribution is -2.25. The van der Waals surface area contributed by atoms with E-state index in [0.29, 0.717) is 35.8 Å². The molecule has 0 spiro atoms. The van der Waals surface area contributed by atoms with Crippen molar-refractivity contribution in [3.05, 3.63) is 76.1 Å². The molecule has 2 aromatic carbocycles. The molecule has 28 heavy (non-hydrogen) atoms. The molecule has 0 aromatic heterocycles. The summed E-state index contributed by atoms with van der Waals surface area (Å²) >= 11 is 6.01. The standard InChI is InChI=1S/C20H18ClFN2O4/c21-17-4-1-15-9-24(10-16(15)7-17)19(25)14-2-5-18(6-3-14)27-11-13(8-22)12-28-20(23)26/h1-8H,9-12H2,(H2,23,26). The molecule has 0 saturated heterocycles. The van der Waals surface area contributed by atoms with Crippen molar-refractivity contribution in [2.75, 3.05) is 13.2 Å². The predicted molar refractivity (Wildman–Crippen MR) is 102 cm³/mol. The van der Waals surface area contributed by atoms with E-state index in [4.69, 9.17) is 22.1 Å². The molecule has 1 heterocycles. The molecular formula is C20H18ClFN2O4. The minimum atomic E-state index is -0.992. The van der Waals surface area contributed by atoms with Crippen LogP contribution in [0.2, 0.25) is 5.02 Å². The number of hydrogen-bond donors (Lipinski definition) is 1. The first-order valence-electron chi connectivity index (χ1n) is 8.46. The fourth-order valence-electron chi connectivity index (χ4n) is 2.83. The van der Waals surface area contributed by atoms with E-state index in [-0.39, 0.29) is 24.7 Å². The average molecular weight is 405 g/mol. The average Bonchev–Trinajstić information content (AvgIpc) is 3.11. The first kappa shape index (κ1) is 19.7. The zero-order valence-electron chi connectivity index (χ0n) is 14.9. The summed E-state index contributed by atoms with van der Waals surface area (Å²) < 4.78 is 22.7. The minimum Gasteiger partial charge on any atom is -0.489 e. The van der Waals surface area contributed by atoms with Gasteiger partial charge in [0.15, 0.2) is 0 Å². The molecule has 0 fully saturated rings. The number of carbonyl (C=O) groups is 2. The van der Waals surface area contributed by atoms with Crippen LogP contribution in [0, 0.1) is 0 Å². The molecule has 146 valence electrons. The van der Waals surface area contributed by atoms with Gasteiger partial charge in [-0.15, -0.1) is 0 Å². The second kappa shape index (κ2) is 8.75. The molecule has 0 saturated carbocycles. The number of rotatable bonds is 6. The number of halogens is 2. The van der Waals surface area contributed by atoms with E-state index in [2.05, 4.69) is 4.74 Å². The third kappa shape index (κ3) is 4.80. The fraction of sp³-hybridized carbons (Fsp3) is 0.200. The Balaban J connectivity index is 1.57. The van der Waals surface area contributed by atoms with Gasteiger partial charge in [-0.1, -0.05) is 17.7 Å². The van der Waals surface area contributed by atoms with Crippen molar-refractivity contribution in [2.24, 2.45) is 5.73 Å². The Morgan fingerprint density at radius 3 is 2.50 bits per heavy atom. The van der Waals surface area contributed by atoms with Crippen LogP contribution in [0.4, 0.5) is 9.18 Å². The van der Waals surface area contributed by atoms with Gasteiger partial charge in [0.1, 0.15) is 19.0 Å². The number of nitrogens with two attached hydrogens (primary N) is 1. The second-order valence-corrected chi connectivity index (χ2v) is 6.70. The summed E-state index contributed by atoms with van der Waals surface area (Å²) in [6.45, 7) is 0.646. The molecular weight excluding hydrogens is 387 g/mol. The minimum absolute atomic E-state index is 0.0990. The van der Waals surface area contributed by atoms with E-state index < -0.39 is 6.09 Å². The largest absolute Gasteiger partial charge is 0.489 e. The third-order valence-electron chi connectivity index (χ3n) is 4.26. The highest BCUT2D eigenvalue weighted by Gasteiger charge is 2.24. The van der Waals surface area contributed by atoms with Gasteiger partial charge in [-0.25, -0.2) is 9.18 Å². The van der Waals surface area contributed by atoms with Gasteiger partial charge in [0.25, 0.3) is 5.91 Å². The maximum atomic E-state index is 12.8. The van der Waals surface area contributed by atoms with Crippen molar-refractivity contribution in [1.82, 2.24) is 4.90 Å². The van der Waals surface area contributed by atoms with Crippen molar-refractivity contribution >= 4 is 23.6 Å². The summed E-state index contributed by atoms with van der Waals surface area (Å²) in [6, 6.07) is 12.2. The normalized spacial score (nSPS) is 13.2. The molecule has 0 atom stereocenters. The maximum Gasteiger partial charge on any atom is 0.404 e.